The van der Waals surface area contributed by atoms with Gasteiger partial charge in [-0.1, -0.05) is 6.42 Å². The van der Waals surface area contributed by atoms with E-state index in [4.69, 9.17) is 4.98 Å². The van der Waals surface area contributed by atoms with Crippen LogP contribution in [0.15, 0.2) is 18.3 Å². The van der Waals surface area contributed by atoms with Gasteiger partial charge in [-0.15, -0.1) is 0 Å². The number of piperidine rings is 3. The molecule has 0 unspecified atom stereocenters. The van der Waals surface area contributed by atoms with Crippen LogP contribution in [0.5, 0.6) is 0 Å². The molecule has 4 fully saturated rings. The second kappa shape index (κ2) is 8.66. The third-order valence-corrected chi connectivity index (χ3v) is 8.89. The zero-order valence-electron chi connectivity index (χ0n) is 19.2. The first-order valence-corrected chi connectivity index (χ1v) is 12.5. The number of aromatic nitrogens is 1. The van der Waals surface area contributed by atoms with Crippen molar-refractivity contribution in [3.05, 3.63) is 18.3 Å². The third-order valence-electron chi connectivity index (χ3n) is 8.89. The summed E-state index contributed by atoms with van der Waals surface area (Å²) in [7, 11) is 4.41. The van der Waals surface area contributed by atoms with Crippen LogP contribution in [0.2, 0.25) is 0 Å². The summed E-state index contributed by atoms with van der Waals surface area (Å²) in [5.74, 6) is 1.18. The Morgan fingerprint density at radius 3 is 2.03 bits per heavy atom. The van der Waals surface area contributed by atoms with Crippen molar-refractivity contribution in [3.8, 4) is 0 Å². The molecule has 0 atom stereocenters. The van der Waals surface area contributed by atoms with Crippen molar-refractivity contribution in [2.45, 2.75) is 69.9 Å². The molecule has 30 heavy (non-hydrogen) atoms. The Morgan fingerprint density at radius 1 is 0.833 bits per heavy atom. The van der Waals surface area contributed by atoms with E-state index < -0.39 is 0 Å². The first-order chi connectivity index (χ1) is 14.6. The van der Waals surface area contributed by atoms with E-state index in [-0.39, 0.29) is 0 Å². The molecule has 5 heteroatoms. The van der Waals surface area contributed by atoms with Crippen molar-refractivity contribution in [1.29, 1.82) is 0 Å². The van der Waals surface area contributed by atoms with E-state index in [2.05, 4.69) is 52.0 Å². The molecule has 1 spiro atoms. The normalized spacial score (nSPS) is 26.4. The molecule has 0 amide bonds. The first-order valence-electron chi connectivity index (χ1n) is 12.5. The fourth-order valence-electron chi connectivity index (χ4n) is 6.22. The van der Waals surface area contributed by atoms with Gasteiger partial charge >= 0.3 is 0 Å². The minimum Gasteiger partial charge on any atom is -0.370 e. The van der Waals surface area contributed by atoms with Gasteiger partial charge in [0.25, 0.3) is 0 Å². The number of hydrogen-bond donors (Lipinski definition) is 0. The van der Waals surface area contributed by atoms with Crippen LogP contribution >= 0.6 is 0 Å². The average molecular weight is 412 g/mol. The number of rotatable bonds is 4. The molecule has 0 N–H and O–H groups in total. The van der Waals surface area contributed by atoms with Gasteiger partial charge in [0.15, 0.2) is 0 Å². The summed E-state index contributed by atoms with van der Waals surface area (Å²) in [5, 5.41) is 0. The molecule has 5 rings (SSSR count). The van der Waals surface area contributed by atoms with E-state index in [0.29, 0.717) is 5.41 Å². The smallest absolute Gasteiger partial charge is 0.128 e. The van der Waals surface area contributed by atoms with E-state index in [0.717, 1.165) is 25.2 Å². The van der Waals surface area contributed by atoms with Gasteiger partial charge in [0.1, 0.15) is 5.82 Å². The zero-order valence-corrected chi connectivity index (χ0v) is 19.2. The van der Waals surface area contributed by atoms with Crippen LogP contribution in [0.1, 0.15) is 57.8 Å². The predicted octanol–water partition coefficient (Wildman–Crippen LogP) is 3.85. The fourth-order valence-corrected chi connectivity index (χ4v) is 6.22. The van der Waals surface area contributed by atoms with Crippen molar-refractivity contribution in [2.24, 2.45) is 5.41 Å². The van der Waals surface area contributed by atoms with Gasteiger partial charge in [-0.05, 0) is 96.1 Å². The van der Waals surface area contributed by atoms with Gasteiger partial charge in [0.2, 0.25) is 0 Å². The van der Waals surface area contributed by atoms with E-state index >= 15 is 0 Å². The Bertz CT molecular complexity index is 672. The number of hydrogen-bond acceptors (Lipinski definition) is 5. The molecule has 4 aliphatic rings. The molecule has 4 heterocycles. The van der Waals surface area contributed by atoms with E-state index in [1.54, 1.807) is 0 Å². The summed E-state index contributed by atoms with van der Waals surface area (Å²) >= 11 is 0. The highest BCUT2D eigenvalue weighted by molar-refractivity contribution is 5.51. The summed E-state index contributed by atoms with van der Waals surface area (Å²) in [6.07, 6.45) is 14.5. The molecule has 3 saturated heterocycles. The minimum absolute atomic E-state index is 0.619. The summed E-state index contributed by atoms with van der Waals surface area (Å²) in [5.41, 5.74) is 1.92. The van der Waals surface area contributed by atoms with Gasteiger partial charge in [0.05, 0.1) is 11.9 Å². The van der Waals surface area contributed by atoms with Crippen LogP contribution < -0.4 is 9.80 Å². The van der Waals surface area contributed by atoms with E-state index in [9.17, 15) is 0 Å². The van der Waals surface area contributed by atoms with Crippen LogP contribution in [-0.4, -0.2) is 80.2 Å². The molecule has 0 aromatic carbocycles. The molecule has 1 saturated carbocycles. The van der Waals surface area contributed by atoms with Crippen molar-refractivity contribution >= 4 is 11.5 Å². The van der Waals surface area contributed by atoms with Crippen LogP contribution in [0, 0.1) is 5.41 Å². The quantitative estimate of drug-likeness (QED) is 0.750. The Hall–Kier alpha value is -1.33. The van der Waals surface area contributed by atoms with Gasteiger partial charge in [-0.3, -0.25) is 0 Å². The lowest BCUT2D eigenvalue weighted by Gasteiger charge is -2.50. The lowest BCUT2D eigenvalue weighted by atomic mass is 9.70. The monoisotopic (exact) mass is 411 g/mol. The molecule has 166 valence electrons. The number of nitrogens with zero attached hydrogens (tertiary/aromatic N) is 5. The fraction of sp³-hybridized carbons (Fsp3) is 0.800. The Labute approximate surface area is 183 Å². The Balaban J connectivity index is 1.12. The molecule has 1 aliphatic carbocycles. The van der Waals surface area contributed by atoms with Crippen LogP contribution in [0.4, 0.5) is 11.5 Å². The molecule has 5 nitrogen and oxygen atoms in total. The van der Waals surface area contributed by atoms with Crippen LogP contribution in [-0.2, 0) is 0 Å². The van der Waals surface area contributed by atoms with Crippen LogP contribution in [0.3, 0.4) is 0 Å². The highest BCUT2D eigenvalue weighted by Gasteiger charge is 2.39. The minimum atomic E-state index is 0.619. The van der Waals surface area contributed by atoms with E-state index in [1.165, 1.54) is 95.5 Å². The Kier molecular flexibility index (Phi) is 5.94. The van der Waals surface area contributed by atoms with Gasteiger partial charge in [0, 0.05) is 38.3 Å². The summed E-state index contributed by atoms with van der Waals surface area (Å²) in [6.45, 7) is 7.36. The molecule has 1 aromatic heterocycles. The highest BCUT2D eigenvalue weighted by Crippen LogP contribution is 2.43. The lowest BCUT2D eigenvalue weighted by Crippen LogP contribution is -2.51. The van der Waals surface area contributed by atoms with Crippen molar-refractivity contribution in [2.75, 3.05) is 63.2 Å². The molecule has 0 bridgehead atoms. The van der Waals surface area contributed by atoms with Gasteiger partial charge in [-0.2, -0.15) is 0 Å². The van der Waals surface area contributed by atoms with Crippen molar-refractivity contribution in [3.63, 3.8) is 0 Å². The standard InChI is InChI=1S/C25H41N5/c1-27(2)21-8-14-28(15-9-21)23-6-7-24(26-20-23)30-18-12-25(13-19-30)10-16-29(17-11-25)22-4-3-5-22/h6-7,20-22H,3-5,8-19H2,1-2H3. The highest BCUT2D eigenvalue weighted by atomic mass is 15.2. The van der Waals surface area contributed by atoms with Crippen LogP contribution in [0.25, 0.3) is 0 Å². The molecule has 3 aliphatic heterocycles. The number of pyridine rings is 1. The molecular formula is C25H41N5. The summed E-state index contributed by atoms with van der Waals surface area (Å²) < 4.78 is 0. The van der Waals surface area contributed by atoms with Crippen molar-refractivity contribution < 1.29 is 0 Å². The third kappa shape index (κ3) is 4.20. The SMILES string of the molecule is CN(C)C1CCN(c2ccc(N3CCC4(CC3)CCN(C3CCC3)CC4)nc2)CC1. The Morgan fingerprint density at radius 2 is 1.50 bits per heavy atom. The maximum absolute atomic E-state index is 4.88. The second-order valence-corrected chi connectivity index (χ2v) is 10.7. The number of anilines is 2. The largest absolute Gasteiger partial charge is 0.370 e. The number of likely N-dealkylation sites (tertiary alicyclic amines) is 1. The topological polar surface area (TPSA) is 25.9 Å². The van der Waals surface area contributed by atoms with Crippen molar-refractivity contribution in [1.82, 2.24) is 14.8 Å². The maximum Gasteiger partial charge on any atom is 0.128 e. The maximum atomic E-state index is 4.88. The molecule has 1 aromatic rings. The van der Waals surface area contributed by atoms with E-state index in [1.807, 2.05) is 0 Å². The second-order valence-electron chi connectivity index (χ2n) is 10.7. The lowest BCUT2D eigenvalue weighted by molar-refractivity contribution is 0.0305. The summed E-state index contributed by atoms with van der Waals surface area (Å²) in [6, 6.07) is 6.23. The predicted molar refractivity (Wildman–Crippen MR) is 125 cm³/mol. The molecular weight excluding hydrogens is 370 g/mol. The molecule has 0 radical (unpaired) electrons. The average Bonchev–Trinajstić information content (AvgIpc) is 2.75. The van der Waals surface area contributed by atoms with Gasteiger partial charge < -0.3 is 19.6 Å². The summed E-state index contributed by atoms with van der Waals surface area (Å²) in [4.78, 5) is 15.1. The first kappa shape index (κ1) is 20.6. The van der Waals surface area contributed by atoms with Gasteiger partial charge in [-0.25, -0.2) is 4.98 Å². The zero-order chi connectivity index (χ0) is 20.6.